The maximum Gasteiger partial charge on any atom is 0.304 e. The van der Waals surface area contributed by atoms with Gasteiger partial charge in [0.15, 0.2) is 0 Å². The minimum atomic E-state index is -0.812. The Labute approximate surface area is 111 Å². The Morgan fingerprint density at radius 1 is 1.47 bits per heavy atom. The average molecular weight is 270 g/mol. The fourth-order valence-corrected chi connectivity index (χ4v) is 1.76. The topological polar surface area (TPSA) is 64.4 Å². The summed E-state index contributed by atoms with van der Waals surface area (Å²) in [7, 11) is 0. The van der Waals surface area contributed by atoms with Gasteiger partial charge in [0, 0.05) is 25.8 Å². The summed E-state index contributed by atoms with van der Waals surface area (Å²) in [6, 6.07) is 3.90. The van der Waals surface area contributed by atoms with E-state index in [1.54, 1.807) is 6.07 Å². The fraction of sp³-hybridized carbons (Fsp3) is 0.538. The van der Waals surface area contributed by atoms with Crippen LogP contribution in [0.3, 0.4) is 0 Å². The molecule has 0 bridgehead atoms. The van der Waals surface area contributed by atoms with Crippen LogP contribution in [-0.4, -0.2) is 23.7 Å². The molecule has 0 saturated carbocycles. The van der Waals surface area contributed by atoms with Crippen LogP contribution in [-0.2, 0) is 11.3 Å². The van der Waals surface area contributed by atoms with Gasteiger partial charge in [-0.2, -0.15) is 4.39 Å². The highest BCUT2D eigenvalue weighted by atomic mass is 19.1. The highest BCUT2D eigenvalue weighted by molar-refractivity contribution is 5.34. The Morgan fingerprint density at radius 3 is 2.68 bits per heavy atom. The first-order valence-corrected chi connectivity index (χ1v) is 6.13. The van der Waals surface area contributed by atoms with Gasteiger partial charge in [-0.25, -0.2) is 0 Å². The van der Waals surface area contributed by atoms with Gasteiger partial charge in [-0.15, -0.1) is 0 Å². The molecule has 19 heavy (non-hydrogen) atoms. The molecule has 1 aromatic rings. The van der Waals surface area contributed by atoms with Crippen molar-refractivity contribution in [3.63, 3.8) is 0 Å². The molecule has 0 heterocycles. The molecule has 1 aromatic carbocycles. The predicted molar refractivity (Wildman–Crippen MR) is 70.5 cm³/mol. The number of hydrogen-bond donors (Lipinski definition) is 1. The van der Waals surface area contributed by atoms with E-state index in [1.165, 1.54) is 12.1 Å². The number of nitrogens with zero attached hydrogens (tertiary/aromatic N) is 1. The molecule has 0 fully saturated rings. The second kappa shape index (κ2) is 6.58. The molecule has 0 aliphatic carbocycles. The van der Waals surface area contributed by atoms with Crippen molar-refractivity contribution >= 4 is 5.69 Å². The molecule has 0 atom stereocenters. The van der Waals surface area contributed by atoms with Crippen LogP contribution in [0.4, 0.5) is 10.1 Å². The van der Waals surface area contributed by atoms with E-state index in [-0.39, 0.29) is 5.60 Å². The van der Waals surface area contributed by atoms with Gasteiger partial charge in [-0.3, -0.25) is 10.1 Å². The summed E-state index contributed by atoms with van der Waals surface area (Å²) >= 11 is 0. The largest absolute Gasteiger partial charge is 0.375 e. The lowest BCUT2D eigenvalue weighted by molar-refractivity contribution is -0.387. The molecule has 5 nitrogen and oxygen atoms in total. The SMILES string of the molecule is CCOC(C)(C)CNCc1ccc([N+](=O)[O-])c(F)c1. The van der Waals surface area contributed by atoms with Crippen LogP contribution >= 0.6 is 0 Å². The summed E-state index contributed by atoms with van der Waals surface area (Å²) in [5.74, 6) is -0.812. The van der Waals surface area contributed by atoms with Gasteiger partial charge >= 0.3 is 5.69 Å². The van der Waals surface area contributed by atoms with Crippen LogP contribution in [0.15, 0.2) is 18.2 Å². The quantitative estimate of drug-likeness (QED) is 0.611. The summed E-state index contributed by atoms with van der Waals surface area (Å²) in [6.07, 6.45) is 0. The minimum Gasteiger partial charge on any atom is -0.375 e. The van der Waals surface area contributed by atoms with Crippen molar-refractivity contribution in [1.82, 2.24) is 5.32 Å². The van der Waals surface area contributed by atoms with E-state index < -0.39 is 16.4 Å². The van der Waals surface area contributed by atoms with Crippen molar-refractivity contribution in [3.8, 4) is 0 Å². The van der Waals surface area contributed by atoms with Crippen molar-refractivity contribution in [2.45, 2.75) is 32.9 Å². The van der Waals surface area contributed by atoms with Crippen LogP contribution in [0.25, 0.3) is 0 Å². The smallest absolute Gasteiger partial charge is 0.304 e. The van der Waals surface area contributed by atoms with Crippen LogP contribution in [0.5, 0.6) is 0 Å². The second-order valence-electron chi connectivity index (χ2n) is 4.84. The lowest BCUT2D eigenvalue weighted by atomic mass is 10.1. The predicted octanol–water partition coefficient (Wildman–Crippen LogP) is 2.64. The highest BCUT2D eigenvalue weighted by Crippen LogP contribution is 2.18. The Hall–Kier alpha value is -1.53. The number of halogens is 1. The number of nitro benzene ring substituents is 1. The minimum absolute atomic E-state index is 0.298. The molecule has 0 amide bonds. The summed E-state index contributed by atoms with van der Waals surface area (Å²) in [5.41, 5.74) is -0.137. The molecule has 1 N–H and O–H groups in total. The first-order chi connectivity index (χ1) is 8.85. The third kappa shape index (κ3) is 4.92. The van der Waals surface area contributed by atoms with Crippen LogP contribution in [0.1, 0.15) is 26.3 Å². The molecule has 0 radical (unpaired) electrons. The molecule has 0 spiro atoms. The zero-order valence-electron chi connectivity index (χ0n) is 11.4. The van der Waals surface area contributed by atoms with Crippen molar-refractivity contribution in [3.05, 3.63) is 39.7 Å². The van der Waals surface area contributed by atoms with Gasteiger partial charge in [-0.1, -0.05) is 6.07 Å². The lowest BCUT2D eigenvalue weighted by Gasteiger charge is -2.25. The van der Waals surface area contributed by atoms with Gasteiger partial charge in [0.05, 0.1) is 10.5 Å². The van der Waals surface area contributed by atoms with E-state index in [1.807, 2.05) is 20.8 Å². The number of nitro groups is 1. The Morgan fingerprint density at radius 2 is 2.16 bits per heavy atom. The molecule has 0 aliphatic rings. The van der Waals surface area contributed by atoms with Gasteiger partial charge in [0.2, 0.25) is 5.82 Å². The molecule has 106 valence electrons. The maximum atomic E-state index is 13.4. The van der Waals surface area contributed by atoms with E-state index >= 15 is 0 Å². The number of benzene rings is 1. The van der Waals surface area contributed by atoms with E-state index in [0.717, 1.165) is 0 Å². The van der Waals surface area contributed by atoms with Crippen LogP contribution in [0.2, 0.25) is 0 Å². The van der Waals surface area contributed by atoms with Crippen molar-refractivity contribution < 1.29 is 14.1 Å². The molecular weight excluding hydrogens is 251 g/mol. The number of nitrogens with one attached hydrogen (secondary N) is 1. The van der Waals surface area contributed by atoms with Crippen molar-refractivity contribution in [2.24, 2.45) is 0 Å². The monoisotopic (exact) mass is 270 g/mol. The highest BCUT2D eigenvalue weighted by Gasteiger charge is 2.17. The zero-order valence-corrected chi connectivity index (χ0v) is 11.4. The molecule has 0 saturated heterocycles. The van der Waals surface area contributed by atoms with Crippen molar-refractivity contribution in [2.75, 3.05) is 13.2 Å². The molecule has 0 aliphatic heterocycles. The maximum absolute atomic E-state index is 13.4. The molecule has 0 aromatic heterocycles. The first kappa shape index (κ1) is 15.5. The van der Waals surface area contributed by atoms with E-state index in [0.29, 0.717) is 25.3 Å². The summed E-state index contributed by atoms with van der Waals surface area (Å²) in [5, 5.41) is 13.6. The fourth-order valence-electron chi connectivity index (χ4n) is 1.76. The summed E-state index contributed by atoms with van der Waals surface area (Å²) < 4.78 is 18.9. The molecule has 0 unspecified atom stereocenters. The van der Waals surface area contributed by atoms with Crippen molar-refractivity contribution in [1.29, 1.82) is 0 Å². The lowest BCUT2D eigenvalue weighted by Crippen LogP contribution is -2.37. The Kier molecular flexibility index (Phi) is 5.38. The average Bonchev–Trinajstić information content (AvgIpc) is 2.28. The van der Waals surface area contributed by atoms with Gasteiger partial charge < -0.3 is 10.1 Å². The van der Waals surface area contributed by atoms with Gasteiger partial charge in [0.1, 0.15) is 0 Å². The van der Waals surface area contributed by atoms with Gasteiger partial charge in [0.25, 0.3) is 0 Å². The number of ether oxygens (including phenoxy) is 1. The summed E-state index contributed by atoms with van der Waals surface area (Å²) in [4.78, 5) is 9.75. The third-order valence-electron chi connectivity index (χ3n) is 2.62. The number of hydrogen-bond acceptors (Lipinski definition) is 4. The number of rotatable bonds is 7. The normalized spacial score (nSPS) is 11.6. The zero-order chi connectivity index (χ0) is 14.5. The molecular formula is C13H19FN2O3. The van der Waals surface area contributed by atoms with E-state index in [9.17, 15) is 14.5 Å². The Bertz CT molecular complexity index is 450. The van der Waals surface area contributed by atoms with Gasteiger partial charge in [-0.05, 0) is 32.4 Å². The first-order valence-electron chi connectivity index (χ1n) is 6.13. The Balaban J connectivity index is 2.55. The van der Waals surface area contributed by atoms with E-state index in [4.69, 9.17) is 4.74 Å². The third-order valence-corrected chi connectivity index (χ3v) is 2.62. The second-order valence-corrected chi connectivity index (χ2v) is 4.84. The van der Waals surface area contributed by atoms with Crippen LogP contribution < -0.4 is 5.32 Å². The standard InChI is InChI=1S/C13H19FN2O3/c1-4-19-13(2,3)9-15-8-10-5-6-12(16(17)18)11(14)7-10/h5-7,15H,4,8-9H2,1-3H3. The van der Waals surface area contributed by atoms with Crippen LogP contribution in [0, 0.1) is 15.9 Å². The molecule has 1 rings (SSSR count). The molecule has 6 heteroatoms. The summed E-state index contributed by atoms with van der Waals surface area (Å²) in [6.45, 7) is 7.51. The van der Waals surface area contributed by atoms with E-state index in [2.05, 4.69) is 5.32 Å².